The first-order valence-corrected chi connectivity index (χ1v) is 7.65. The van der Waals surface area contributed by atoms with Crippen molar-refractivity contribution in [2.75, 3.05) is 6.54 Å². The highest BCUT2D eigenvalue weighted by atomic mass is 79.9. The van der Waals surface area contributed by atoms with Gasteiger partial charge < -0.3 is 10.4 Å². The summed E-state index contributed by atoms with van der Waals surface area (Å²) in [6.07, 6.45) is 0.484. The summed E-state index contributed by atoms with van der Waals surface area (Å²) in [6, 6.07) is 18.5. The van der Waals surface area contributed by atoms with Gasteiger partial charge in [0.15, 0.2) is 0 Å². The minimum Gasteiger partial charge on any atom is -0.387 e. The minimum absolute atomic E-state index is 0.333. The number of nitrogens with one attached hydrogen (secondary N) is 1. The normalized spacial score (nSPS) is 13.9. The second-order valence-corrected chi connectivity index (χ2v) is 5.99. The molecule has 2 nitrogen and oxygen atoms in total. The molecule has 2 rings (SSSR count). The van der Waals surface area contributed by atoms with Crippen molar-refractivity contribution in [2.24, 2.45) is 0 Å². The Kier molecular flexibility index (Phi) is 5.77. The Morgan fingerprint density at radius 3 is 2.55 bits per heavy atom. The molecular formula is C17H20BrNO. The topological polar surface area (TPSA) is 32.3 Å². The maximum atomic E-state index is 10.2. The third-order valence-corrected chi connectivity index (χ3v) is 3.77. The summed E-state index contributed by atoms with van der Waals surface area (Å²) in [5, 5.41) is 13.6. The number of hydrogen-bond acceptors (Lipinski definition) is 2. The molecule has 0 aromatic heterocycles. The van der Waals surface area contributed by atoms with Crippen LogP contribution in [0.15, 0.2) is 59.1 Å². The highest BCUT2D eigenvalue weighted by Crippen LogP contribution is 2.17. The smallest absolute Gasteiger partial charge is 0.0914 e. The summed E-state index contributed by atoms with van der Waals surface area (Å²) >= 11 is 3.42. The highest BCUT2D eigenvalue weighted by molar-refractivity contribution is 9.10. The first-order chi connectivity index (χ1) is 9.65. The van der Waals surface area contributed by atoms with Crippen molar-refractivity contribution >= 4 is 15.9 Å². The third-order valence-electron chi connectivity index (χ3n) is 3.28. The van der Waals surface area contributed by atoms with E-state index in [1.807, 2.05) is 30.3 Å². The van der Waals surface area contributed by atoms with Gasteiger partial charge in [0.2, 0.25) is 0 Å². The van der Waals surface area contributed by atoms with Crippen molar-refractivity contribution in [1.29, 1.82) is 0 Å². The first-order valence-electron chi connectivity index (χ1n) is 6.86. The molecule has 0 amide bonds. The van der Waals surface area contributed by atoms with Crippen molar-refractivity contribution in [1.82, 2.24) is 5.32 Å². The van der Waals surface area contributed by atoms with Crippen LogP contribution in [-0.4, -0.2) is 17.7 Å². The molecule has 3 heteroatoms. The van der Waals surface area contributed by atoms with Gasteiger partial charge in [0.25, 0.3) is 0 Å². The molecule has 20 heavy (non-hydrogen) atoms. The van der Waals surface area contributed by atoms with Gasteiger partial charge in [-0.05, 0) is 36.6 Å². The molecule has 0 aliphatic rings. The lowest BCUT2D eigenvalue weighted by Gasteiger charge is -2.17. The fourth-order valence-corrected chi connectivity index (χ4v) is 2.60. The zero-order chi connectivity index (χ0) is 14.4. The van der Waals surface area contributed by atoms with Gasteiger partial charge in [0.05, 0.1) is 6.10 Å². The number of hydrogen-bond donors (Lipinski definition) is 2. The molecule has 2 aromatic rings. The highest BCUT2D eigenvalue weighted by Gasteiger charge is 2.10. The first kappa shape index (κ1) is 15.2. The molecule has 0 bridgehead atoms. The molecule has 106 valence electrons. The van der Waals surface area contributed by atoms with Crippen LogP contribution >= 0.6 is 15.9 Å². The fraction of sp³-hybridized carbons (Fsp3) is 0.294. The minimum atomic E-state index is -0.481. The molecule has 0 saturated heterocycles. The predicted molar refractivity (Wildman–Crippen MR) is 86.7 cm³/mol. The van der Waals surface area contributed by atoms with Crippen molar-refractivity contribution in [3.05, 3.63) is 70.2 Å². The van der Waals surface area contributed by atoms with Gasteiger partial charge in [-0.25, -0.2) is 0 Å². The summed E-state index contributed by atoms with van der Waals surface area (Å²) in [7, 11) is 0. The molecule has 2 atom stereocenters. The molecular weight excluding hydrogens is 314 g/mol. The van der Waals surface area contributed by atoms with E-state index in [2.05, 4.69) is 52.4 Å². The van der Waals surface area contributed by atoms with Gasteiger partial charge in [-0.1, -0.05) is 58.4 Å². The maximum absolute atomic E-state index is 10.2. The Labute approximate surface area is 129 Å². The summed E-state index contributed by atoms with van der Waals surface area (Å²) in [5.41, 5.74) is 2.24. The van der Waals surface area contributed by atoms with E-state index in [1.54, 1.807) is 0 Å². The van der Waals surface area contributed by atoms with Crippen LogP contribution in [-0.2, 0) is 6.42 Å². The fourth-order valence-electron chi connectivity index (χ4n) is 2.18. The predicted octanol–water partition coefficient (Wildman–Crippen LogP) is 3.70. The van der Waals surface area contributed by atoms with Gasteiger partial charge in [-0.15, -0.1) is 0 Å². The van der Waals surface area contributed by atoms with E-state index in [9.17, 15) is 5.11 Å². The molecule has 2 unspecified atom stereocenters. The van der Waals surface area contributed by atoms with Crippen LogP contribution in [0.1, 0.15) is 24.2 Å². The van der Waals surface area contributed by atoms with Crippen LogP contribution < -0.4 is 5.32 Å². The number of aliphatic hydroxyl groups excluding tert-OH is 1. The molecule has 0 heterocycles. The lowest BCUT2D eigenvalue weighted by atomic mass is 10.1. The molecule has 0 radical (unpaired) electrons. The molecule has 0 spiro atoms. The Balaban J connectivity index is 1.82. The van der Waals surface area contributed by atoms with Gasteiger partial charge >= 0.3 is 0 Å². The van der Waals surface area contributed by atoms with Gasteiger partial charge in [-0.3, -0.25) is 0 Å². The zero-order valence-corrected chi connectivity index (χ0v) is 13.2. The monoisotopic (exact) mass is 333 g/mol. The van der Waals surface area contributed by atoms with E-state index < -0.39 is 6.10 Å². The lowest BCUT2D eigenvalue weighted by Crippen LogP contribution is -2.32. The van der Waals surface area contributed by atoms with Crippen LogP contribution in [0.4, 0.5) is 0 Å². The second-order valence-electron chi connectivity index (χ2n) is 5.07. The molecule has 2 aromatic carbocycles. The Bertz CT molecular complexity index is 530. The van der Waals surface area contributed by atoms with E-state index in [0.29, 0.717) is 12.6 Å². The molecule has 2 N–H and O–H groups in total. The Hall–Kier alpha value is -1.16. The third kappa shape index (κ3) is 4.75. The van der Waals surface area contributed by atoms with Crippen LogP contribution in [0.3, 0.4) is 0 Å². The lowest BCUT2D eigenvalue weighted by molar-refractivity contribution is 0.170. The second kappa shape index (κ2) is 7.58. The summed E-state index contributed by atoms with van der Waals surface area (Å²) < 4.78 is 0.992. The zero-order valence-electron chi connectivity index (χ0n) is 11.6. The summed E-state index contributed by atoms with van der Waals surface area (Å²) in [4.78, 5) is 0. The van der Waals surface area contributed by atoms with E-state index >= 15 is 0 Å². The summed E-state index contributed by atoms with van der Waals surface area (Å²) in [5.74, 6) is 0. The van der Waals surface area contributed by atoms with Crippen LogP contribution in [0.5, 0.6) is 0 Å². The number of aliphatic hydroxyl groups is 1. The molecule has 0 saturated carbocycles. The molecule has 0 fully saturated rings. The number of rotatable bonds is 6. The van der Waals surface area contributed by atoms with Crippen LogP contribution in [0, 0.1) is 0 Å². The average molecular weight is 334 g/mol. The summed E-state index contributed by atoms with van der Waals surface area (Å²) in [6.45, 7) is 2.70. The molecule has 0 aliphatic heterocycles. The van der Waals surface area contributed by atoms with Crippen molar-refractivity contribution in [3.63, 3.8) is 0 Å². The molecule has 0 aliphatic carbocycles. The largest absolute Gasteiger partial charge is 0.387 e. The van der Waals surface area contributed by atoms with Crippen molar-refractivity contribution < 1.29 is 5.11 Å². The van der Waals surface area contributed by atoms with E-state index in [-0.39, 0.29) is 0 Å². The van der Waals surface area contributed by atoms with E-state index in [0.717, 1.165) is 16.5 Å². The standard InChI is InChI=1S/C17H20BrNO/c1-13(10-14-6-3-2-4-7-14)19-12-17(20)15-8-5-9-16(18)11-15/h2-9,11,13,17,19-20H,10,12H2,1H3. The van der Waals surface area contributed by atoms with Crippen molar-refractivity contribution in [3.8, 4) is 0 Å². The maximum Gasteiger partial charge on any atom is 0.0914 e. The number of halogens is 1. The van der Waals surface area contributed by atoms with E-state index in [4.69, 9.17) is 0 Å². The van der Waals surface area contributed by atoms with Gasteiger partial charge in [0, 0.05) is 17.1 Å². The average Bonchev–Trinajstić information content (AvgIpc) is 2.46. The number of benzene rings is 2. The Morgan fingerprint density at radius 1 is 1.10 bits per heavy atom. The van der Waals surface area contributed by atoms with Crippen LogP contribution in [0.2, 0.25) is 0 Å². The SMILES string of the molecule is CC(Cc1ccccc1)NCC(O)c1cccc(Br)c1. The Morgan fingerprint density at radius 2 is 1.85 bits per heavy atom. The van der Waals surface area contributed by atoms with E-state index in [1.165, 1.54) is 5.56 Å². The van der Waals surface area contributed by atoms with Crippen LogP contribution in [0.25, 0.3) is 0 Å². The van der Waals surface area contributed by atoms with Crippen molar-refractivity contribution in [2.45, 2.75) is 25.5 Å². The quantitative estimate of drug-likeness (QED) is 0.844. The van der Waals surface area contributed by atoms with Gasteiger partial charge in [-0.2, -0.15) is 0 Å². The van der Waals surface area contributed by atoms with Gasteiger partial charge in [0.1, 0.15) is 0 Å².